The Balaban J connectivity index is 1.77. The van der Waals surface area contributed by atoms with Crippen LogP contribution in [0.2, 0.25) is 0 Å². The van der Waals surface area contributed by atoms with Crippen LogP contribution in [0.15, 0.2) is 23.1 Å². The molecule has 92 valence electrons. The molecular weight excluding hydrogens is 212 g/mol. The fourth-order valence-electron chi connectivity index (χ4n) is 3.20. The molecule has 1 aliphatic heterocycles. The summed E-state index contributed by atoms with van der Waals surface area (Å²) in [4.78, 5) is 14.4. The van der Waals surface area contributed by atoms with Gasteiger partial charge in [0.1, 0.15) is 0 Å². The molecule has 1 saturated carbocycles. The highest BCUT2D eigenvalue weighted by Crippen LogP contribution is 2.54. The molecule has 2 atom stereocenters. The van der Waals surface area contributed by atoms with Crippen molar-refractivity contribution < 1.29 is 0 Å². The maximum Gasteiger partial charge on any atom is 0.251 e. The van der Waals surface area contributed by atoms with Gasteiger partial charge in [-0.3, -0.25) is 4.79 Å². The van der Waals surface area contributed by atoms with Gasteiger partial charge in [0.05, 0.1) is 0 Å². The molecule has 3 rings (SSSR count). The van der Waals surface area contributed by atoms with Crippen LogP contribution < -0.4 is 5.56 Å². The second-order valence-corrected chi connectivity index (χ2v) is 5.82. The van der Waals surface area contributed by atoms with Crippen LogP contribution in [0, 0.1) is 18.8 Å². The minimum absolute atomic E-state index is 0.167. The lowest BCUT2D eigenvalue weighted by Gasteiger charge is -2.23. The van der Waals surface area contributed by atoms with E-state index in [1.54, 1.807) is 6.07 Å². The first-order valence-corrected chi connectivity index (χ1v) is 6.51. The zero-order valence-corrected chi connectivity index (χ0v) is 10.8. The zero-order chi connectivity index (χ0) is 12.2. The summed E-state index contributed by atoms with van der Waals surface area (Å²) in [6.07, 6.45) is 1.97. The largest absolute Gasteiger partial charge is 0.312 e. The molecule has 0 amide bonds. The Kier molecular flexibility index (Phi) is 2.40. The molecule has 1 aromatic rings. The van der Waals surface area contributed by atoms with Gasteiger partial charge < -0.3 is 9.47 Å². The average Bonchev–Trinajstić information content (AvgIpc) is 2.73. The Bertz CT molecular complexity index is 479. The minimum atomic E-state index is 0.167. The molecule has 0 spiro atoms. The highest BCUT2D eigenvalue weighted by atomic mass is 16.1. The van der Waals surface area contributed by atoms with E-state index in [1.807, 2.05) is 23.8 Å². The number of pyridine rings is 1. The highest BCUT2D eigenvalue weighted by Gasteiger charge is 2.57. The van der Waals surface area contributed by atoms with Crippen LogP contribution in [-0.4, -0.2) is 28.6 Å². The molecule has 17 heavy (non-hydrogen) atoms. The summed E-state index contributed by atoms with van der Waals surface area (Å²) in [5.74, 6) is 1.41. The van der Waals surface area contributed by atoms with Crippen LogP contribution in [0.25, 0.3) is 0 Å². The van der Waals surface area contributed by atoms with E-state index in [0.29, 0.717) is 23.9 Å². The second kappa shape index (κ2) is 3.70. The third-order valence-electron chi connectivity index (χ3n) is 4.33. The number of rotatable bonds is 2. The van der Waals surface area contributed by atoms with Crippen molar-refractivity contribution in [3.05, 3.63) is 34.2 Å². The highest BCUT2D eigenvalue weighted by molar-refractivity contribution is 5.15. The third-order valence-corrected chi connectivity index (χ3v) is 4.33. The molecule has 2 fully saturated rings. The van der Waals surface area contributed by atoms with Crippen LogP contribution in [0.5, 0.6) is 0 Å². The molecule has 3 nitrogen and oxygen atoms in total. The first-order chi connectivity index (χ1) is 8.08. The topological polar surface area (TPSA) is 25.2 Å². The maximum absolute atomic E-state index is 11.9. The summed E-state index contributed by atoms with van der Waals surface area (Å²) < 4.78 is 1.94. The molecule has 0 radical (unpaired) electrons. The minimum Gasteiger partial charge on any atom is -0.312 e. The number of aryl methyl sites for hydroxylation is 1. The lowest BCUT2D eigenvalue weighted by atomic mass is 10.2. The first kappa shape index (κ1) is 11.0. The number of aromatic nitrogens is 1. The van der Waals surface area contributed by atoms with E-state index in [4.69, 9.17) is 0 Å². The first-order valence-electron chi connectivity index (χ1n) is 6.51. The van der Waals surface area contributed by atoms with E-state index in [-0.39, 0.29) is 5.56 Å². The van der Waals surface area contributed by atoms with Crippen molar-refractivity contribution in [1.29, 1.82) is 0 Å². The SMILES string of the molecule is Cc1ccn(C2C3CN(C(C)C)CC32)c(=O)c1. The van der Waals surface area contributed by atoms with E-state index in [2.05, 4.69) is 18.7 Å². The van der Waals surface area contributed by atoms with Crippen LogP contribution in [0.1, 0.15) is 25.5 Å². The number of hydrogen-bond donors (Lipinski definition) is 0. The summed E-state index contributed by atoms with van der Waals surface area (Å²) in [5.41, 5.74) is 1.22. The van der Waals surface area contributed by atoms with Crippen molar-refractivity contribution in [3.8, 4) is 0 Å². The summed E-state index contributed by atoms with van der Waals surface area (Å²) in [7, 11) is 0. The molecule has 1 saturated heterocycles. The quantitative estimate of drug-likeness (QED) is 0.775. The standard InChI is InChI=1S/C14H20N2O/c1-9(2)15-7-11-12(8-15)14(11)16-5-4-10(3)6-13(16)17/h4-6,9,11-12,14H,7-8H2,1-3H3. The van der Waals surface area contributed by atoms with Crippen molar-refractivity contribution in [2.45, 2.75) is 32.9 Å². The molecule has 2 heterocycles. The van der Waals surface area contributed by atoms with Gasteiger partial charge in [0, 0.05) is 37.4 Å². The van der Waals surface area contributed by atoms with Gasteiger partial charge in [-0.2, -0.15) is 0 Å². The average molecular weight is 232 g/mol. The maximum atomic E-state index is 11.9. The van der Waals surface area contributed by atoms with Crippen molar-refractivity contribution in [3.63, 3.8) is 0 Å². The number of piperidine rings is 1. The van der Waals surface area contributed by atoms with Gasteiger partial charge in [0.25, 0.3) is 5.56 Å². The van der Waals surface area contributed by atoms with Crippen LogP contribution in [-0.2, 0) is 0 Å². The fourth-order valence-corrected chi connectivity index (χ4v) is 3.20. The Morgan fingerprint density at radius 3 is 2.47 bits per heavy atom. The number of likely N-dealkylation sites (tertiary alicyclic amines) is 1. The van der Waals surface area contributed by atoms with Gasteiger partial charge in [-0.25, -0.2) is 0 Å². The smallest absolute Gasteiger partial charge is 0.251 e. The lowest BCUT2D eigenvalue weighted by Crippen LogP contribution is -2.33. The van der Waals surface area contributed by atoms with Crippen LogP contribution in [0.3, 0.4) is 0 Å². The van der Waals surface area contributed by atoms with Crippen LogP contribution >= 0.6 is 0 Å². The van der Waals surface area contributed by atoms with Gasteiger partial charge in [-0.1, -0.05) is 0 Å². The molecule has 3 heteroatoms. The Labute approximate surface area is 102 Å². The number of nitrogens with zero attached hydrogens (tertiary/aromatic N) is 2. The number of fused-ring (bicyclic) bond motifs is 1. The lowest BCUT2D eigenvalue weighted by molar-refractivity contribution is 0.233. The molecule has 1 aromatic heterocycles. The van der Waals surface area contributed by atoms with E-state index >= 15 is 0 Å². The molecule has 0 N–H and O–H groups in total. The Hall–Kier alpha value is -1.09. The predicted octanol–water partition coefficient (Wildman–Crippen LogP) is 1.67. The predicted molar refractivity (Wildman–Crippen MR) is 68.2 cm³/mol. The van der Waals surface area contributed by atoms with Crippen molar-refractivity contribution in [1.82, 2.24) is 9.47 Å². The Morgan fingerprint density at radius 2 is 1.94 bits per heavy atom. The van der Waals surface area contributed by atoms with Crippen molar-refractivity contribution in [2.75, 3.05) is 13.1 Å². The molecule has 2 unspecified atom stereocenters. The van der Waals surface area contributed by atoms with Gasteiger partial charge in [-0.15, -0.1) is 0 Å². The molecule has 0 bridgehead atoms. The molecular formula is C14H20N2O. The van der Waals surface area contributed by atoms with Crippen LogP contribution in [0.4, 0.5) is 0 Å². The summed E-state index contributed by atoms with van der Waals surface area (Å²) in [6, 6.07) is 4.89. The molecule has 1 aliphatic carbocycles. The van der Waals surface area contributed by atoms with Gasteiger partial charge in [0.2, 0.25) is 0 Å². The second-order valence-electron chi connectivity index (χ2n) is 5.82. The molecule has 2 aliphatic rings. The monoisotopic (exact) mass is 232 g/mol. The zero-order valence-electron chi connectivity index (χ0n) is 10.8. The molecule has 0 aromatic carbocycles. The van der Waals surface area contributed by atoms with Gasteiger partial charge in [0.15, 0.2) is 0 Å². The summed E-state index contributed by atoms with van der Waals surface area (Å²) in [5, 5.41) is 0. The van der Waals surface area contributed by atoms with E-state index in [1.165, 1.54) is 0 Å². The summed E-state index contributed by atoms with van der Waals surface area (Å²) in [6.45, 7) is 8.79. The van der Waals surface area contributed by atoms with Gasteiger partial charge in [-0.05, 0) is 44.2 Å². The Morgan fingerprint density at radius 1 is 1.29 bits per heavy atom. The van der Waals surface area contributed by atoms with E-state index in [0.717, 1.165) is 18.7 Å². The fraction of sp³-hybridized carbons (Fsp3) is 0.643. The van der Waals surface area contributed by atoms with E-state index in [9.17, 15) is 4.79 Å². The third kappa shape index (κ3) is 1.73. The number of hydrogen-bond acceptors (Lipinski definition) is 2. The van der Waals surface area contributed by atoms with Crippen molar-refractivity contribution in [2.24, 2.45) is 11.8 Å². The van der Waals surface area contributed by atoms with Crippen molar-refractivity contribution >= 4 is 0 Å². The summed E-state index contributed by atoms with van der Waals surface area (Å²) >= 11 is 0. The van der Waals surface area contributed by atoms with E-state index < -0.39 is 0 Å². The van der Waals surface area contributed by atoms with Gasteiger partial charge >= 0.3 is 0 Å². The normalized spacial score (nSPS) is 31.9.